The molecule has 5 heteroatoms. The van der Waals surface area contributed by atoms with Crippen LogP contribution in [0.1, 0.15) is 57.4 Å². The number of phenols is 1. The second-order valence-electron chi connectivity index (χ2n) is 8.07. The summed E-state index contributed by atoms with van der Waals surface area (Å²) < 4.78 is 5.85. The van der Waals surface area contributed by atoms with Crippen LogP contribution < -0.4 is 15.0 Å². The fourth-order valence-electron chi connectivity index (χ4n) is 3.63. The zero-order chi connectivity index (χ0) is 21.3. The van der Waals surface area contributed by atoms with E-state index in [2.05, 4.69) is 34.5 Å². The van der Waals surface area contributed by atoms with E-state index >= 15 is 0 Å². The summed E-state index contributed by atoms with van der Waals surface area (Å²) in [7, 11) is 0. The molecule has 1 atom stereocenters. The second kappa shape index (κ2) is 10.9. The van der Waals surface area contributed by atoms with Crippen molar-refractivity contribution in [3.8, 4) is 11.5 Å². The van der Waals surface area contributed by atoms with E-state index in [1.807, 2.05) is 13.8 Å². The number of amides is 1. The van der Waals surface area contributed by atoms with Crippen molar-refractivity contribution in [1.29, 1.82) is 0 Å². The van der Waals surface area contributed by atoms with Crippen LogP contribution in [0, 0.1) is 0 Å². The SMILES string of the molecule is CCNC(=O)C(C)c1ccc(O)cc1.c1cc(N2CCCC2)ccc1OC1CCC1. The van der Waals surface area contributed by atoms with Crippen molar-refractivity contribution in [2.75, 3.05) is 24.5 Å². The van der Waals surface area contributed by atoms with E-state index in [-0.39, 0.29) is 17.6 Å². The molecule has 2 fully saturated rings. The summed E-state index contributed by atoms with van der Waals surface area (Å²) in [4.78, 5) is 13.9. The predicted octanol–water partition coefficient (Wildman–Crippen LogP) is 4.85. The zero-order valence-electron chi connectivity index (χ0n) is 18.1. The molecule has 4 rings (SSSR count). The minimum atomic E-state index is -0.171. The van der Waals surface area contributed by atoms with Gasteiger partial charge < -0.3 is 20.1 Å². The molecule has 30 heavy (non-hydrogen) atoms. The highest BCUT2D eigenvalue weighted by molar-refractivity contribution is 5.83. The van der Waals surface area contributed by atoms with Gasteiger partial charge >= 0.3 is 0 Å². The molecule has 1 aliphatic carbocycles. The molecule has 1 saturated heterocycles. The summed E-state index contributed by atoms with van der Waals surface area (Å²) in [5, 5.41) is 11.8. The summed E-state index contributed by atoms with van der Waals surface area (Å²) in [6, 6.07) is 15.3. The first-order valence-electron chi connectivity index (χ1n) is 11.1. The van der Waals surface area contributed by atoms with Crippen molar-refractivity contribution in [3.63, 3.8) is 0 Å². The molecule has 2 aliphatic rings. The Morgan fingerprint density at radius 2 is 1.70 bits per heavy atom. The van der Waals surface area contributed by atoms with Gasteiger partial charge in [-0.25, -0.2) is 0 Å². The van der Waals surface area contributed by atoms with Crippen molar-refractivity contribution in [2.24, 2.45) is 0 Å². The van der Waals surface area contributed by atoms with Crippen LogP contribution in [0.2, 0.25) is 0 Å². The van der Waals surface area contributed by atoms with E-state index in [1.165, 1.54) is 50.9 Å². The molecule has 1 saturated carbocycles. The first-order chi connectivity index (χ1) is 14.6. The lowest BCUT2D eigenvalue weighted by molar-refractivity contribution is -0.122. The standard InChI is InChI=1S/C14H19NO.C11H15NO2/c1-2-11-15(10-1)12-6-8-14(9-7-12)16-13-4-3-5-13;1-3-12-11(14)8(2)9-4-6-10(13)7-5-9/h6-9,13H,1-5,10-11H2;4-8,13H,3H2,1-2H3,(H,12,14). The van der Waals surface area contributed by atoms with Crippen LogP contribution in [0.5, 0.6) is 11.5 Å². The Morgan fingerprint density at radius 1 is 1.07 bits per heavy atom. The highest BCUT2D eigenvalue weighted by Gasteiger charge is 2.19. The predicted molar refractivity (Wildman–Crippen MR) is 121 cm³/mol. The van der Waals surface area contributed by atoms with E-state index in [9.17, 15) is 4.79 Å². The minimum Gasteiger partial charge on any atom is -0.508 e. The van der Waals surface area contributed by atoms with Crippen LogP contribution in [-0.4, -0.2) is 36.8 Å². The average molecular weight is 411 g/mol. The van der Waals surface area contributed by atoms with Crippen molar-refractivity contribution < 1.29 is 14.6 Å². The average Bonchev–Trinajstić information content (AvgIpc) is 3.27. The first kappa shape index (κ1) is 22.0. The van der Waals surface area contributed by atoms with Gasteiger partial charge in [0.15, 0.2) is 0 Å². The Kier molecular flexibility index (Phi) is 8.00. The molecule has 1 unspecified atom stereocenters. The Labute approximate surface area is 180 Å². The van der Waals surface area contributed by atoms with Gasteiger partial charge in [0.2, 0.25) is 5.91 Å². The van der Waals surface area contributed by atoms with Gasteiger partial charge in [-0.2, -0.15) is 0 Å². The number of anilines is 1. The zero-order valence-corrected chi connectivity index (χ0v) is 18.1. The summed E-state index contributed by atoms with van der Waals surface area (Å²) in [5.74, 6) is 1.10. The Bertz CT molecular complexity index is 779. The van der Waals surface area contributed by atoms with Gasteiger partial charge in [0.05, 0.1) is 12.0 Å². The van der Waals surface area contributed by atoms with Gasteiger partial charge in [0.1, 0.15) is 11.5 Å². The smallest absolute Gasteiger partial charge is 0.227 e. The van der Waals surface area contributed by atoms with Gasteiger partial charge in [0, 0.05) is 25.3 Å². The topological polar surface area (TPSA) is 61.8 Å². The number of ether oxygens (including phenoxy) is 1. The summed E-state index contributed by atoms with van der Waals surface area (Å²) in [5.41, 5.74) is 2.26. The molecular formula is C25H34N2O3. The van der Waals surface area contributed by atoms with Gasteiger partial charge in [-0.15, -0.1) is 0 Å². The Balaban J connectivity index is 0.000000173. The quantitative estimate of drug-likeness (QED) is 0.715. The maximum Gasteiger partial charge on any atom is 0.227 e. The van der Waals surface area contributed by atoms with E-state index in [1.54, 1.807) is 24.3 Å². The lowest BCUT2D eigenvalue weighted by Crippen LogP contribution is -2.27. The molecule has 1 amide bonds. The number of nitrogens with one attached hydrogen (secondary N) is 1. The van der Waals surface area contributed by atoms with E-state index in [4.69, 9.17) is 9.84 Å². The Morgan fingerprint density at radius 3 is 2.23 bits per heavy atom. The molecule has 2 aromatic rings. The van der Waals surface area contributed by atoms with E-state index < -0.39 is 0 Å². The number of phenolic OH excluding ortho intramolecular Hbond substituents is 1. The van der Waals surface area contributed by atoms with E-state index in [0.29, 0.717) is 12.6 Å². The number of aromatic hydroxyl groups is 1. The normalized spacial score (nSPS) is 16.8. The molecule has 0 bridgehead atoms. The molecule has 162 valence electrons. The number of rotatable bonds is 6. The third-order valence-electron chi connectivity index (χ3n) is 5.80. The third kappa shape index (κ3) is 6.15. The van der Waals surface area contributed by atoms with Gasteiger partial charge in [-0.1, -0.05) is 12.1 Å². The number of hydrogen-bond acceptors (Lipinski definition) is 4. The number of likely N-dealkylation sites (N-methyl/N-ethyl adjacent to an activating group) is 1. The summed E-state index contributed by atoms with van der Waals surface area (Å²) in [6.45, 7) is 6.80. The number of carbonyl (C=O) groups excluding carboxylic acids is 1. The number of carbonyl (C=O) groups is 1. The fraction of sp³-hybridized carbons (Fsp3) is 0.480. The van der Waals surface area contributed by atoms with Crippen LogP contribution in [0.15, 0.2) is 48.5 Å². The number of benzene rings is 2. The maximum absolute atomic E-state index is 11.5. The van der Waals surface area contributed by atoms with E-state index in [0.717, 1.165) is 11.3 Å². The molecule has 1 aliphatic heterocycles. The molecule has 0 aromatic heterocycles. The number of nitrogens with zero attached hydrogens (tertiary/aromatic N) is 1. The van der Waals surface area contributed by atoms with Gasteiger partial charge in [-0.05, 0) is 87.9 Å². The fourth-order valence-corrected chi connectivity index (χ4v) is 3.63. The number of hydrogen-bond donors (Lipinski definition) is 2. The summed E-state index contributed by atoms with van der Waals surface area (Å²) in [6.07, 6.45) is 6.94. The van der Waals surface area contributed by atoms with Crippen molar-refractivity contribution in [2.45, 2.75) is 58.0 Å². The molecular weight excluding hydrogens is 376 g/mol. The first-order valence-corrected chi connectivity index (χ1v) is 11.1. The third-order valence-corrected chi connectivity index (χ3v) is 5.80. The monoisotopic (exact) mass is 410 g/mol. The summed E-state index contributed by atoms with van der Waals surface area (Å²) >= 11 is 0. The van der Waals surface area contributed by atoms with Crippen LogP contribution >= 0.6 is 0 Å². The maximum atomic E-state index is 11.5. The van der Waals surface area contributed by atoms with Crippen LogP contribution in [0.3, 0.4) is 0 Å². The highest BCUT2D eigenvalue weighted by atomic mass is 16.5. The highest BCUT2D eigenvalue weighted by Crippen LogP contribution is 2.27. The lowest BCUT2D eigenvalue weighted by Gasteiger charge is -2.26. The lowest BCUT2D eigenvalue weighted by atomic mass is 9.96. The van der Waals surface area contributed by atoms with Crippen LogP contribution in [0.25, 0.3) is 0 Å². The Hall–Kier alpha value is -2.69. The van der Waals surface area contributed by atoms with Gasteiger partial charge in [-0.3, -0.25) is 4.79 Å². The molecule has 2 N–H and O–H groups in total. The minimum absolute atomic E-state index is 0.0122. The van der Waals surface area contributed by atoms with Crippen LogP contribution in [-0.2, 0) is 4.79 Å². The molecule has 0 radical (unpaired) electrons. The van der Waals surface area contributed by atoms with Crippen molar-refractivity contribution in [3.05, 3.63) is 54.1 Å². The van der Waals surface area contributed by atoms with Crippen molar-refractivity contribution in [1.82, 2.24) is 5.32 Å². The molecule has 0 spiro atoms. The van der Waals surface area contributed by atoms with Crippen molar-refractivity contribution >= 4 is 11.6 Å². The van der Waals surface area contributed by atoms with Crippen LogP contribution in [0.4, 0.5) is 5.69 Å². The molecule has 5 nitrogen and oxygen atoms in total. The largest absolute Gasteiger partial charge is 0.508 e. The molecule has 2 aromatic carbocycles. The second-order valence-corrected chi connectivity index (χ2v) is 8.07. The molecule has 1 heterocycles. The van der Waals surface area contributed by atoms with Gasteiger partial charge in [0.25, 0.3) is 0 Å².